The molecule has 1 aromatic rings. The molecule has 0 fully saturated rings. The monoisotopic (exact) mass is 454 g/mol. The van der Waals surface area contributed by atoms with E-state index in [1.165, 1.54) is 0 Å². The van der Waals surface area contributed by atoms with Gasteiger partial charge in [-0.3, -0.25) is 14.9 Å². The third-order valence-corrected chi connectivity index (χ3v) is 3.88. The van der Waals surface area contributed by atoms with E-state index < -0.39 is 64.6 Å². The number of halogens is 1. The molecule has 0 saturated heterocycles. The lowest BCUT2D eigenvalue weighted by Gasteiger charge is -2.27. The molecule has 3 atom stereocenters. The van der Waals surface area contributed by atoms with Crippen LogP contribution in [0.25, 0.3) is 0 Å². The van der Waals surface area contributed by atoms with E-state index in [4.69, 9.17) is 10.00 Å². The predicted octanol–water partition coefficient (Wildman–Crippen LogP) is 1.23. The van der Waals surface area contributed by atoms with Gasteiger partial charge in [-0.2, -0.15) is 9.65 Å². The average molecular weight is 454 g/mol. The number of nitrogens with one attached hydrogen (secondary N) is 2. The second-order valence-electron chi connectivity index (χ2n) is 7.48. The summed E-state index contributed by atoms with van der Waals surface area (Å²) in [5.41, 5.74) is -2.21. The molecular formula is C19H23FN4O8. The van der Waals surface area contributed by atoms with Crippen LogP contribution in [0.2, 0.25) is 0 Å². The van der Waals surface area contributed by atoms with Crippen molar-refractivity contribution >= 4 is 23.7 Å². The fourth-order valence-electron chi connectivity index (χ4n) is 2.46. The molecule has 174 valence electrons. The molecule has 0 radical (unpaired) electrons. The maximum Gasteiger partial charge on any atom is 0.408 e. The van der Waals surface area contributed by atoms with Crippen LogP contribution in [0, 0.1) is 27.3 Å². The van der Waals surface area contributed by atoms with Crippen molar-refractivity contribution in [3.63, 3.8) is 0 Å². The molecule has 0 heterocycles. The van der Waals surface area contributed by atoms with Crippen LogP contribution in [0.15, 0.2) is 18.2 Å². The molecule has 0 bridgehead atoms. The zero-order valence-corrected chi connectivity index (χ0v) is 17.7. The molecule has 1 rings (SSSR count). The number of nitrogens with zero attached hydrogens (tertiary/aromatic N) is 2. The minimum Gasteiger partial charge on any atom is -0.467 e. The number of carbonyl (C=O) groups excluding carboxylic acids is 3. The number of alkyl carbamates (subject to hydrolysis) is 1. The van der Waals surface area contributed by atoms with Crippen molar-refractivity contribution in [1.82, 2.24) is 10.6 Å². The van der Waals surface area contributed by atoms with Gasteiger partial charge < -0.3 is 25.2 Å². The van der Waals surface area contributed by atoms with Gasteiger partial charge in [0, 0.05) is 6.07 Å². The number of hydrogen-bond donors (Lipinski definition) is 3. The Bertz CT molecular complexity index is 925. The molecule has 0 aliphatic heterocycles. The molecule has 0 saturated carbocycles. The Morgan fingerprint density at radius 3 is 2.44 bits per heavy atom. The largest absolute Gasteiger partial charge is 0.467 e. The Morgan fingerprint density at radius 2 is 1.94 bits per heavy atom. The highest BCUT2D eigenvalue weighted by molar-refractivity contribution is 5.90. The Labute approximate surface area is 182 Å². The lowest BCUT2D eigenvalue weighted by atomic mass is 10.00. The first-order chi connectivity index (χ1) is 14.8. The van der Waals surface area contributed by atoms with Crippen LogP contribution in [0.4, 0.5) is 14.9 Å². The fourth-order valence-corrected chi connectivity index (χ4v) is 2.46. The molecule has 0 unspecified atom stereocenters. The molecule has 0 aliphatic rings. The van der Waals surface area contributed by atoms with Gasteiger partial charge >= 0.3 is 17.7 Å². The van der Waals surface area contributed by atoms with E-state index in [2.05, 4.69) is 15.4 Å². The summed E-state index contributed by atoms with van der Waals surface area (Å²) >= 11 is 0. The van der Waals surface area contributed by atoms with E-state index in [9.17, 15) is 34.0 Å². The van der Waals surface area contributed by atoms with Crippen LogP contribution in [0.1, 0.15) is 38.9 Å². The Balaban J connectivity index is 3.30. The number of esters is 1. The van der Waals surface area contributed by atoms with Crippen LogP contribution in [-0.4, -0.2) is 52.8 Å². The Kier molecular flexibility index (Phi) is 9.03. The molecule has 12 nitrogen and oxygen atoms in total. The maximum absolute atomic E-state index is 13.6. The number of hydrogen-bond acceptors (Lipinski definition) is 9. The topological polar surface area (TPSA) is 181 Å². The van der Waals surface area contributed by atoms with Gasteiger partial charge in [-0.05, 0) is 32.4 Å². The molecule has 32 heavy (non-hydrogen) atoms. The summed E-state index contributed by atoms with van der Waals surface area (Å²) < 4.78 is 23.2. The molecule has 0 spiro atoms. The number of aliphatic hydroxyl groups is 1. The number of ether oxygens (including phenoxy) is 2. The number of nitro groups is 1. The Morgan fingerprint density at radius 1 is 1.31 bits per heavy atom. The third-order valence-electron chi connectivity index (χ3n) is 3.88. The summed E-state index contributed by atoms with van der Waals surface area (Å²) in [5, 5.41) is 34.8. The molecule has 0 aromatic heterocycles. The number of aliphatic hydroxyl groups excluding tert-OH is 1. The smallest absolute Gasteiger partial charge is 0.408 e. The zero-order chi connectivity index (χ0) is 24.6. The summed E-state index contributed by atoms with van der Waals surface area (Å²) in [7, 11) is 1.03. The lowest BCUT2D eigenvalue weighted by Crippen LogP contribution is -2.54. The van der Waals surface area contributed by atoms with Gasteiger partial charge in [0.2, 0.25) is 11.7 Å². The second kappa shape index (κ2) is 11.0. The van der Waals surface area contributed by atoms with Gasteiger partial charge in [-0.15, -0.1) is 0 Å². The van der Waals surface area contributed by atoms with Gasteiger partial charge in [-0.1, -0.05) is 6.07 Å². The quantitative estimate of drug-likeness (QED) is 0.296. The number of carbonyl (C=O) groups is 3. The second-order valence-corrected chi connectivity index (χ2v) is 7.48. The van der Waals surface area contributed by atoms with Gasteiger partial charge in [0.05, 0.1) is 24.5 Å². The van der Waals surface area contributed by atoms with Gasteiger partial charge in [0.15, 0.2) is 0 Å². The number of benzene rings is 1. The van der Waals surface area contributed by atoms with Crippen molar-refractivity contribution in [2.45, 2.75) is 51.0 Å². The van der Waals surface area contributed by atoms with Crippen LogP contribution < -0.4 is 10.6 Å². The molecule has 2 amide bonds. The summed E-state index contributed by atoms with van der Waals surface area (Å²) in [6, 6.07) is 0.822. The standard InChI is InChI=1S/C19H23FN4O8/c1-19(2,3)32-18(28)23-14(16(26)22-12(7-8-21)17(27)31-4)15(25)10-5-6-11(20)13(9-10)24(29)30/h5-6,9,12,14-15,25H,7H2,1-4H3,(H,22,26)(H,23,28)/t12-,14+,15+/m0/s1. The summed E-state index contributed by atoms with van der Waals surface area (Å²) in [4.78, 5) is 46.7. The number of nitriles is 1. The molecule has 0 aliphatic carbocycles. The highest BCUT2D eigenvalue weighted by atomic mass is 19.1. The normalized spacial score (nSPS) is 13.7. The highest BCUT2D eigenvalue weighted by Crippen LogP contribution is 2.25. The SMILES string of the molecule is COC(=O)[C@H](CC#N)NC(=O)[C@H](NC(=O)OC(C)(C)C)[C@H](O)c1ccc(F)c([N+](=O)[O-])c1. The van der Waals surface area contributed by atoms with Gasteiger partial charge in [0.1, 0.15) is 23.8 Å². The first-order valence-corrected chi connectivity index (χ1v) is 9.17. The van der Waals surface area contributed by atoms with E-state index in [1.807, 2.05) is 0 Å². The molecule has 3 N–H and O–H groups in total. The van der Waals surface area contributed by atoms with Gasteiger partial charge in [0.25, 0.3) is 0 Å². The van der Waals surface area contributed by atoms with Crippen LogP contribution >= 0.6 is 0 Å². The van der Waals surface area contributed by atoms with E-state index in [1.54, 1.807) is 26.8 Å². The minimum atomic E-state index is -1.91. The summed E-state index contributed by atoms with van der Waals surface area (Å²) in [5.74, 6) is -3.25. The first-order valence-electron chi connectivity index (χ1n) is 9.17. The molecule has 1 aromatic carbocycles. The van der Waals surface area contributed by atoms with Crippen LogP contribution in [0.5, 0.6) is 0 Å². The first kappa shape index (κ1) is 26.2. The summed E-state index contributed by atoms with van der Waals surface area (Å²) in [6.45, 7) is 4.63. The Hall–Kier alpha value is -3.79. The number of amides is 2. The van der Waals surface area contributed by atoms with Crippen LogP contribution in [-0.2, 0) is 19.1 Å². The maximum atomic E-state index is 13.6. The number of nitro benzene ring substituents is 1. The van der Waals surface area contributed by atoms with Gasteiger partial charge in [-0.25, -0.2) is 9.59 Å². The molecular weight excluding hydrogens is 431 g/mol. The van der Waals surface area contributed by atoms with Crippen molar-refractivity contribution in [2.75, 3.05) is 7.11 Å². The number of rotatable bonds is 8. The van der Waals surface area contributed by atoms with Crippen molar-refractivity contribution in [2.24, 2.45) is 0 Å². The van der Waals surface area contributed by atoms with Crippen LogP contribution in [0.3, 0.4) is 0 Å². The zero-order valence-electron chi connectivity index (χ0n) is 17.7. The van der Waals surface area contributed by atoms with Crippen molar-refractivity contribution < 1.29 is 38.3 Å². The summed E-state index contributed by atoms with van der Waals surface area (Å²) in [6.07, 6.45) is -3.51. The van der Waals surface area contributed by atoms with Crippen molar-refractivity contribution in [1.29, 1.82) is 5.26 Å². The average Bonchev–Trinajstić information content (AvgIpc) is 2.69. The van der Waals surface area contributed by atoms with Crippen molar-refractivity contribution in [3.8, 4) is 6.07 Å². The molecule has 13 heteroatoms. The third kappa shape index (κ3) is 7.47. The minimum absolute atomic E-state index is 0.274. The van der Waals surface area contributed by atoms with E-state index in [0.29, 0.717) is 12.1 Å². The van der Waals surface area contributed by atoms with E-state index in [-0.39, 0.29) is 5.56 Å². The predicted molar refractivity (Wildman–Crippen MR) is 105 cm³/mol. The fraction of sp³-hybridized carbons (Fsp3) is 0.474. The van der Waals surface area contributed by atoms with E-state index >= 15 is 0 Å². The highest BCUT2D eigenvalue weighted by Gasteiger charge is 2.35. The lowest BCUT2D eigenvalue weighted by molar-refractivity contribution is -0.387. The van der Waals surface area contributed by atoms with E-state index in [0.717, 1.165) is 13.2 Å². The number of methoxy groups -OCH3 is 1. The van der Waals surface area contributed by atoms with Crippen molar-refractivity contribution in [3.05, 3.63) is 39.7 Å².